The van der Waals surface area contributed by atoms with Gasteiger partial charge in [-0.2, -0.15) is 5.10 Å². The van der Waals surface area contributed by atoms with Crippen molar-refractivity contribution in [3.05, 3.63) is 60.8 Å². The zero-order chi connectivity index (χ0) is 17.6. The Hall–Kier alpha value is -2.60. The van der Waals surface area contributed by atoms with Crippen molar-refractivity contribution in [3.63, 3.8) is 0 Å². The molecule has 0 N–H and O–H groups in total. The van der Waals surface area contributed by atoms with Crippen LogP contribution in [0.4, 0.5) is 0 Å². The highest BCUT2D eigenvalue weighted by Gasteiger charge is 2.22. The van der Waals surface area contributed by atoms with Crippen molar-refractivity contribution in [3.8, 4) is 11.5 Å². The summed E-state index contributed by atoms with van der Waals surface area (Å²) in [5, 5.41) is 4.32. The van der Waals surface area contributed by atoms with E-state index in [2.05, 4.69) is 25.0 Å². The zero-order valence-electron chi connectivity index (χ0n) is 14.9. The van der Waals surface area contributed by atoms with Gasteiger partial charge in [-0.05, 0) is 44.0 Å². The average Bonchev–Trinajstić information content (AvgIpc) is 3.22. The van der Waals surface area contributed by atoms with Gasteiger partial charge >= 0.3 is 0 Å². The Labute approximate surface area is 153 Å². The number of aryl methyl sites for hydroxylation is 1. The van der Waals surface area contributed by atoms with Crippen LogP contribution in [0.1, 0.15) is 31.2 Å². The van der Waals surface area contributed by atoms with Crippen molar-refractivity contribution in [1.82, 2.24) is 29.6 Å². The lowest BCUT2D eigenvalue weighted by Crippen LogP contribution is -2.39. The molecule has 4 heterocycles. The molecule has 26 heavy (non-hydrogen) atoms. The molecule has 0 unspecified atom stereocenters. The number of aromatic nitrogens is 5. The average molecular weight is 348 g/mol. The largest absolute Gasteiger partial charge is 0.296 e. The third-order valence-electron chi connectivity index (χ3n) is 4.98. The second-order valence-corrected chi connectivity index (χ2v) is 6.81. The first-order valence-corrected chi connectivity index (χ1v) is 9.32. The molecule has 1 aliphatic heterocycles. The predicted octanol–water partition coefficient (Wildman–Crippen LogP) is 3.18. The third kappa shape index (κ3) is 4.14. The molecule has 0 saturated carbocycles. The molecule has 0 radical (unpaired) electrons. The van der Waals surface area contributed by atoms with Gasteiger partial charge in [0.25, 0.3) is 0 Å². The molecular weight excluding hydrogens is 324 g/mol. The van der Waals surface area contributed by atoms with E-state index in [9.17, 15) is 0 Å². The number of hydrogen-bond acceptors (Lipinski definition) is 5. The van der Waals surface area contributed by atoms with Crippen LogP contribution in [-0.4, -0.2) is 42.2 Å². The van der Waals surface area contributed by atoms with Crippen molar-refractivity contribution in [2.75, 3.05) is 6.54 Å². The number of rotatable bonds is 6. The molecule has 0 aliphatic carbocycles. The Morgan fingerprint density at radius 3 is 2.69 bits per heavy atom. The highest BCUT2D eigenvalue weighted by molar-refractivity contribution is 5.47. The fraction of sp³-hybridized carbons (Fsp3) is 0.400. The summed E-state index contributed by atoms with van der Waals surface area (Å²) >= 11 is 0. The normalized spacial score (nSPS) is 18.1. The highest BCUT2D eigenvalue weighted by Crippen LogP contribution is 2.22. The Bertz CT molecular complexity index is 785. The minimum atomic E-state index is 0.600. The summed E-state index contributed by atoms with van der Waals surface area (Å²) in [6.07, 6.45) is 14.5. The lowest BCUT2D eigenvalue weighted by Gasteiger charge is -2.35. The molecule has 6 nitrogen and oxygen atoms in total. The van der Waals surface area contributed by atoms with E-state index < -0.39 is 0 Å². The lowest BCUT2D eigenvalue weighted by atomic mass is 9.99. The van der Waals surface area contributed by atoms with Gasteiger partial charge in [-0.3, -0.25) is 14.6 Å². The lowest BCUT2D eigenvalue weighted by molar-refractivity contribution is 0.127. The third-order valence-corrected chi connectivity index (χ3v) is 4.98. The van der Waals surface area contributed by atoms with Crippen LogP contribution in [0.2, 0.25) is 0 Å². The number of piperidine rings is 1. The molecular formula is C20H24N6. The zero-order valence-corrected chi connectivity index (χ0v) is 14.9. The van der Waals surface area contributed by atoms with Gasteiger partial charge in [-0.1, -0.05) is 12.5 Å². The van der Waals surface area contributed by atoms with Gasteiger partial charge in [-0.25, -0.2) is 9.97 Å². The van der Waals surface area contributed by atoms with Crippen LogP contribution in [0.5, 0.6) is 0 Å². The number of pyridine rings is 1. The molecule has 1 atom stereocenters. The molecule has 0 bridgehead atoms. The van der Waals surface area contributed by atoms with Crippen molar-refractivity contribution in [2.45, 2.75) is 44.8 Å². The van der Waals surface area contributed by atoms with E-state index in [-0.39, 0.29) is 0 Å². The summed E-state index contributed by atoms with van der Waals surface area (Å²) in [6, 6.07) is 8.38. The standard InChI is InChI=1S/C20H24N6/c1-3-9-21-19(7-1)20-22-14-17(15-23-20)16-25-11-4-2-6-18(25)8-13-26-12-5-10-24-26/h1,3,5,7,9-10,12,14-15,18H,2,4,6,8,11,13,16H2/t18-/m0/s1. The van der Waals surface area contributed by atoms with Crippen molar-refractivity contribution in [1.29, 1.82) is 0 Å². The molecule has 134 valence electrons. The quantitative estimate of drug-likeness (QED) is 0.685. The Morgan fingerprint density at radius 2 is 1.92 bits per heavy atom. The second-order valence-electron chi connectivity index (χ2n) is 6.81. The van der Waals surface area contributed by atoms with Crippen LogP contribution in [-0.2, 0) is 13.1 Å². The molecule has 4 rings (SSSR count). The molecule has 0 amide bonds. The summed E-state index contributed by atoms with van der Waals surface area (Å²) in [5.41, 5.74) is 1.98. The van der Waals surface area contributed by atoms with Crippen LogP contribution in [0.25, 0.3) is 11.5 Å². The second kappa shape index (κ2) is 8.19. The van der Waals surface area contributed by atoms with Gasteiger partial charge in [0.2, 0.25) is 0 Å². The fourth-order valence-corrected chi connectivity index (χ4v) is 3.61. The van der Waals surface area contributed by atoms with Gasteiger partial charge in [0, 0.05) is 55.7 Å². The molecule has 1 aliphatic rings. The van der Waals surface area contributed by atoms with E-state index >= 15 is 0 Å². The number of nitrogens with zero attached hydrogens (tertiary/aromatic N) is 6. The van der Waals surface area contributed by atoms with Gasteiger partial charge in [0.05, 0.1) is 0 Å². The van der Waals surface area contributed by atoms with E-state index in [1.807, 2.05) is 53.7 Å². The summed E-state index contributed by atoms with van der Waals surface area (Å²) in [4.78, 5) is 15.9. The smallest absolute Gasteiger partial charge is 0.178 e. The molecule has 0 aromatic carbocycles. The van der Waals surface area contributed by atoms with E-state index in [0.717, 1.165) is 37.3 Å². The van der Waals surface area contributed by atoms with E-state index in [1.165, 1.54) is 19.3 Å². The minimum Gasteiger partial charge on any atom is -0.296 e. The maximum Gasteiger partial charge on any atom is 0.178 e. The minimum absolute atomic E-state index is 0.600. The van der Waals surface area contributed by atoms with Crippen LogP contribution in [0.15, 0.2) is 55.2 Å². The predicted molar refractivity (Wildman–Crippen MR) is 100 cm³/mol. The van der Waals surface area contributed by atoms with Crippen LogP contribution >= 0.6 is 0 Å². The summed E-state index contributed by atoms with van der Waals surface area (Å²) in [6.45, 7) is 3.03. The molecule has 1 fully saturated rings. The van der Waals surface area contributed by atoms with E-state index in [4.69, 9.17) is 0 Å². The Morgan fingerprint density at radius 1 is 1.00 bits per heavy atom. The summed E-state index contributed by atoms with van der Waals surface area (Å²) < 4.78 is 2.03. The molecule has 3 aromatic heterocycles. The molecule has 0 spiro atoms. The first-order chi connectivity index (χ1) is 12.9. The maximum absolute atomic E-state index is 4.51. The van der Waals surface area contributed by atoms with Crippen LogP contribution < -0.4 is 0 Å². The van der Waals surface area contributed by atoms with E-state index in [0.29, 0.717) is 11.9 Å². The summed E-state index contributed by atoms with van der Waals surface area (Å²) in [7, 11) is 0. The fourth-order valence-electron chi connectivity index (χ4n) is 3.61. The maximum atomic E-state index is 4.51. The molecule has 6 heteroatoms. The van der Waals surface area contributed by atoms with Crippen molar-refractivity contribution >= 4 is 0 Å². The Kier molecular flexibility index (Phi) is 5.30. The first kappa shape index (κ1) is 16.8. The van der Waals surface area contributed by atoms with Gasteiger partial charge in [-0.15, -0.1) is 0 Å². The van der Waals surface area contributed by atoms with Gasteiger partial charge in [0.1, 0.15) is 5.69 Å². The number of hydrogen-bond donors (Lipinski definition) is 0. The monoisotopic (exact) mass is 348 g/mol. The molecule has 1 saturated heterocycles. The summed E-state index contributed by atoms with van der Waals surface area (Å²) in [5.74, 6) is 0.684. The Balaban J connectivity index is 1.39. The number of likely N-dealkylation sites (tertiary alicyclic amines) is 1. The SMILES string of the molecule is c1ccc(-c2ncc(CN3CCCC[C@H]3CCn3cccn3)cn2)nc1. The van der Waals surface area contributed by atoms with E-state index in [1.54, 1.807) is 6.20 Å². The van der Waals surface area contributed by atoms with Crippen LogP contribution in [0.3, 0.4) is 0 Å². The van der Waals surface area contributed by atoms with Gasteiger partial charge in [0.15, 0.2) is 5.82 Å². The topological polar surface area (TPSA) is 59.7 Å². The first-order valence-electron chi connectivity index (χ1n) is 9.32. The van der Waals surface area contributed by atoms with Crippen LogP contribution in [0, 0.1) is 0 Å². The van der Waals surface area contributed by atoms with Crippen molar-refractivity contribution in [2.24, 2.45) is 0 Å². The highest BCUT2D eigenvalue weighted by atomic mass is 15.3. The van der Waals surface area contributed by atoms with Gasteiger partial charge < -0.3 is 0 Å². The molecule has 3 aromatic rings. The van der Waals surface area contributed by atoms with Crippen molar-refractivity contribution < 1.29 is 0 Å².